The minimum absolute atomic E-state index is 1.11. The van der Waals surface area contributed by atoms with Crippen LogP contribution < -0.4 is 9.80 Å². The number of anilines is 6. The standard InChI is InChI=1S/C61H48N2/c1-43-13-15-44(16-14-43)17-18-45-19-33-57(34-20-45)63(61-12-6-8-51(42-61)55-28-24-49-22-26-53(49)40-55)59-37-31-47(32-38-59)46-29-35-58(36-30-46)62(56-9-3-2-4-10-56)60-11-5-7-50(41-60)54-27-23-48-21-25-52(48)39-54/h2-20,23-24,27-42H,21-22,25-26H2,1H3/b18-17+. The molecule has 63 heavy (non-hydrogen) atoms. The number of hydrogen-bond acceptors (Lipinski definition) is 2. The Morgan fingerprint density at radius 2 is 0.651 bits per heavy atom. The molecule has 0 heterocycles. The average molecular weight is 809 g/mol. The van der Waals surface area contributed by atoms with Crippen LogP contribution in [0.15, 0.2) is 212 Å². The highest BCUT2D eigenvalue weighted by molar-refractivity contribution is 5.84. The fourth-order valence-corrected chi connectivity index (χ4v) is 9.08. The summed E-state index contributed by atoms with van der Waals surface area (Å²) in [6.07, 6.45) is 9.11. The molecular weight excluding hydrogens is 761 g/mol. The fourth-order valence-electron chi connectivity index (χ4n) is 9.08. The quantitative estimate of drug-likeness (QED) is 0.120. The highest BCUT2D eigenvalue weighted by Crippen LogP contribution is 2.41. The molecule has 302 valence electrons. The Morgan fingerprint density at radius 1 is 0.286 bits per heavy atom. The molecule has 0 unspecified atom stereocenters. The molecule has 0 N–H and O–H groups in total. The first kappa shape index (κ1) is 38.3. The topological polar surface area (TPSA) is 6.48 Å². The third-order valence-corrected chi connectivity index (χ3v) is 12.9. The van der Waals surface area contributed by atoms with Gasteiger partial charge in [0.2, 0.25) is 0 Å². The normalized spacial score (nSPS) is 12.5. The molecule has 9 aromatic carbocycles. The number of aryl methyl sites for hydroxylation is 5. The van der Waals surface area contributed by atoms with Crippen LogP contribution in [0.25, 0.3) is 45.5 Å². The first-order valence-corrected chi connectivity index (χ1v) is 22.2. The van der Waals surface area contributed by atoms with Gasteiger partial charge in [0.1, 0.15) is 0 Å². The van der Waals surface area contributed by atoms with E-state index in [2.05, 4.69) is 241 Å². The van der Waals surface area contributed by atoms with Gasteiger partial charge in [0.05, 0.1) is 0 Å². The molecule has 0 bridgehead atoms. The van der Waals surface area contributed by atoms with Gasteiger partial charge in [-0.2, -0.15) is 0 Å². The van der Waals surface area contributed by atoms with Crippen molar-refractivity contribution in [2.75, 3.05) is 9.80 Å². The second kappa shape index (κ2) is 16.6. The van der Waals surface area contributed by atoms with Crippen LogP contribution in [0.2, 0.25) is 0 Å². The van der Waals surface area contributed by atoms with Gasteiger partial charge in [0, 0.05) is 34.1 Å². The van der Waals surface area contributed by atoms with Crippen molar-refractivity contribution in [3.8, 4) is 33.4 Å². The number of benzene rings is 9. The summed E-state index contributed by atoms with van der Waals surface area (Å²) in [7, 11) is 0. The Bertz CT molecular complexity index is 3090. The maximum Gasteiger partial charge on any atom is 0.0467 e. The van der Waals surface area contributed by atoms with E-state index in [1.807, 2.05) is 0 Å². The van der Waals surface area contributed by atoms with Crippen LogP contribution in [0.4, 0.5) is 34.1 Å². The number of nitrogens with zero attached hydrogens (tertiary/aromatic N) is 2. The fraction of sp³-hybridized carbons (Fsp3) is 0.0820. The van der Waals surface area contributed by atoms with Crippen molar-refractivity contribution < 1.29 is 0 Å². The molecule has 9 aromatic rings. The van der Waals surface area contributed by atoms with Gasteiger partial charge < -0.3 is 9.80 Å². The minimum Gasteiger partial charge on any atom is -0.310 e. The lowest BCUT2D eigenvalue weighted by molar-refractivity contribution is 0.840. The molecule has 2 heteroatoms. The van der Waals surface area contributed by atoms with Crippen LogP contribution in [-0.2, 0) is 25.7 Å². The molecule has 0 saturated carbocycles. The van der Waals surface area contributed by atoms with Gasteiger partial charge in [-0.15, -0.1) is 0 Å². The largest absolute Gasteiger partial charge is 0.310 e. The highest BCUT2D eigenvalue weighted by Gasteiger charge is 2.19. The van der Waals surface area contributed by atoms with Gasteiger partial charge >= 0.3 is 0 Å². The molecule has 2 aliphatic carbocycles. The van der Waals surface area contributed by atoms with E-state index >= 15 is 0 Å². The molecule has 0 spiro atoms. The summed E-state index contributed by atoms with van der Waals surface area (Å²) in [5.74, 6) is 0. The first-order chi connectivity index (χ1) is 31.1. The van der Waals surface area contributed by atoms with E-state index in [1.54, 1.807) is 0 Å². The van der Waals surface area contributed by atoms with Crippen molar-refractivity contribution in [2.45, 2.75) is 32.6 Å². The molecule has 0 fully saturated rings. The van der Waals surface area contributed by atoms with Crippen molar-refractivity contribution >= 4 is 46.3 Å². The summed E-state index contributed by atoms with van der Waals surface area (Å²) in [5, 5.41) is 0. The maximum atomic E-state index is 2.38. The highest BCUT2D eigenvalue weighted by atomic mass is 15.1. The van der Waals surface area contributed by atoms with Crippen LogP contribution >= 0.6 is 0 Å². The van der Waals surface area contributed by atoms with Crippen molar-refractivity contribution in [2.24, 2.45) is 0 Å². The SMILES string of the molecule is Cc1ccc(/C=C/c2ccc(N(c3ccc(-c4ccc(N(c5ccccc5)c5cccc(-c6ccc7c(c6)CC7)c5)cc4)cc3)c3cccc(-c4ccc5c(c4)CC5)c3)cc2)cc1. The van der Waals surface area contributed by atoms with E-state index in [0.29, 0.717) is 0 Å². The van der Waals surface area contributed by atoms with Crippen LogP contribution in [0, 0.1) is 6.92 Å². The Morgan fingerprint density at radius 3 is 1.08 bits per heavy atom. The van der Waals surface area contributed by atoms with E-state index in [9.17, 15) is 0 Å². The second-order valence-electron chi connectivity index (χ2n) is 17.0. The molecule has 0 aliphatic heterocycles. The van der Waals surface area contributed by atoms with Gasteiger partial charge in [-0.1, -0.05) is 157 Å². The number of fused-ring (bicyclic) bond motifs is 2. The summed E-state index contributed by atoms with van der Waals surface area (Å²) in [6.45, 7) is 2.12. The van der Waals surface area contributed by atoms with Gasteiger partial charge in [-0.25, -0.2) is 0 Å². The summed E-state index contributed by atoms with van der Waals surface area (Å²) in [4.78, 5) is 4.73. The van der Waals surface area contributed by atoms with Gasteiger partial charge in [0.25, 0.3) is 0 Å². The Kier molecular flexibility index (Phi) is 10.1. The Hall–Kier alpha value is -7.68. The molecule has 0 radical (unpaired) electrons. The predicted molar refractivity (Wildman–Crippen MR) is 267 cm³/mol. The lowest BCUT2D eigenvalue weighted by Gasteiger charge is -2.27. The molecular formula is C61H48N2. The first-order valence-electron chi connectivity index (χ1n) is 22.2. The molecule has 0 amide bonds. The van der Waals surface area contributed by atoms with Crippen LogP contribution in [-0.4, -0.2) is 0 Å². The molecule has 0 aromatic heterocycles. The van der Waals surface area contributed by atoms with E-state index < -0.39 is 0 Å². The summed E-state index contributed by atoms with van der Waals surface area (Å²) < 4.78 is 0. The molecule has 0 atom stereocenters. The van der Waals surface area contributed by atoms with E-state index in [4.69, 9.17) is 0 Å². The van der Waals surface area contributed by atoms with Crippen LogP contribution in [0.3, 0.4) is 0 Å². The number of hydrogen-bond donors (Lipinski definition) is 0. The summed E-state index contributed by atoms with van der Waals surface area (Å²) >= 11 is 0. The zero-order chi connectivity index (χ0) is 42.1. The van der Waals surface area contributed by atoms with Crippen molar-refractivity contribution in [1.82, 2.24) is 0 Å². The molecule has 2 aliphatic rings. The number of rotatable bonds is 11. The average Bonchev–Trinajstić information content (AvgIpc) is 3.31. The van der Waals surface area contributed by atoms with Crippen LogP contribution in [0.1, 0.15) is 38.9 Å². The van der Waals surface area contributed by atoms with Gasteiger partial charge in [-0.05, 0) is 172 Å². The predicted octanol–water partition coefficient (Wildman–Crippen LogP) is 16.3. The third-order valence-electron chi connectivity index (χ3n) is 12.9. The van der Waals surface area contributed by atoms with Crippen molar-refractivity contribution in [1.29, 1.82) is 0 Å². The monoisotopic (exact) mass is 808 g/mol. The second-order valence-corrected chi connectivity index (χ2v) is 17.0. The van der Waals surface area contributed by atoms with Crippen molar-refractivity contribution in [3.05, 3.63) is 251 Å². The molecule has 2 nitrogen and oxygen atoms in total. The van der Waals surface area contributed by atoms with Crippen molar-refractivity contribution in [3.63, 3.8) is 0 Å². The zero-order valence-corrected chi connectivity index (χ0v) is 35.6. The third kappa shape index (κ3) is 7.89. The molecule has 11 rings (SSSR count). The van der Waals surface area contributed by atoms with E-state index in [-0.39, 0.29) is 0 Å². The number of para-hydroxylation sites is 1. The molecule has 0 saturated heterocycles. The van der Waals surface area contributed by atoms with E-state index in [0.717, 1.165) is 39.7 Å². The lowest BCUT2D eigenvalue weighted by Crippen LogP contribution is -2.10. The summed E-state index contributed by atoms with van der Waals surface area (Å²) in [5.41, 5.74) is 23.6. The minimum atomic E-state index is 1.11. The Balaban J connectivity index is 0.902. The Labute approximate surface area is 371 Å². The van der Waals surface area contributed by atoms with Gasteiger partial charge in [0.15, 0.2) is 0 Å². The maximum absolute atomic E-state index is 2.38. The lowest BCUT2D eigenvalue weighted by atomic mass is 9.86. The summed E-state index contributed by atoms with van der Waals surface area (Å²) in [6, 6.07) is 78.1. The zero-order valence-electron chi connectivity index (χ0n) is 35.6. The van der Waals surface area contributed by atoms with E-state index in [1.165, 1.54) is 92.4 Å². The smallest absolute Gasteiger partial charge is 0.0467 e. The van der Waals surface area contributed by atoms with Gasteiger partial charge in [-0.3, -0.25) is 0 Å². The van der Waals surface area contributed by atoms with Crippen LogP contribution in [0.5, 0.6) is 0 Å².